The second-order valence-electron chi connectivity index (χ2n) is 9.77. The van der Waals surface area contributed by atoms with Crippen molar-refractivity contribution in [3.63, 3.8) is 0 Å². The molecule has 1 fully saturated rings. The summed E-state index contributed by atoms with van der Waals surface area (Å²) in [7, 11) is -0.777. The van der Waals surface area contributed by atoms with E-state index < -0.39 is 22.2 Å². The van der Waals surface area contributed by atoms with Gasteiger partial charge in [-0.1, -0.05) is 31.6 Å². The molecule has 0 spiro atoms. The number of carbonyl (C=O) groups is 1. The molecule has 0 bridgehead atoms. The van der Waals surface area contributed by atoms with Crippen molar-refractivity contribution in [2.45, 2.75) is 63.0 Å². The predicted molar refractivity (Wildman–Crippen MR) is 133 cm³/mol. The molecule has 1 aliphatic carbocycles. The van der Waals surface area contributed by atoms with Crippen LogP contribution in [0.25, 0.3) is 0 Å². The number of carbonyl (C=O) groups excluding carboxylic acids is 1. The van der Waals surface area contributed by atoms with Crippen molar-refractivity contribution < 1.29 is 27.8 Å². The third-order valence-electron chi connectivity index (χ3n) is 6.91. The first-order valence-corrected chi connectivity index (χ1v) is 13.8. The lowest BCUT2D eigenvalue weighted by Gasteiger charge is -2.37. The predicted octanol–water partition coefficient (Wildman–Crippen LogP) is 2.49. The van der Waals surface area contributed by atoms with Crippen LogP contribution in [0.2, 0.25) is 0 Å². The first kappa shape index (κ1) is 27.5. The number of rotatable bonds is 7. The fourth-order valence-electron chi connectivity index (χ4n) is 4.64. The van der Waals surface area contributed by atoms with Crippen molar-refractivity contribution in [1.82, 2.24) is 9.21 Å². The summed E-state index contributed by atoms with van der Waals surface area (Å²) >= 11 is 0. The van der Waals surface area contributed by atoms with Crippen LogP contribution in [-0.2, 0) is 19.6 Å². The molecule has 0 radical (unpaired) electrons. The summed E-state index contributed by atoms with van der Waals surface area (Å²) in [4.78, 5) is 13.9. The molecule has 3 rings (SSSR count). The van der Waals surface area contributed by atoms with Gasteiger partial charge in [0.2, 0.25) is 15.9 Å². The molecule has 3 atom stereocenters. The molecule has 9 heteroatoms. The standard InChI is InChI=1S/C26H38N2O6S/c1-19-15-28(20(2)17-29)35(31,32)25-13-12-22(11-7-10-21-8-5-6-9-21)14-23(25)34-24(19)16-27(3)26(30)18-33-4/h12-14,19-21,24,29H,5-6,8-10,15-18H2,1-4H3/t19-,20-,24+/m1/s1. The molecule has 1 aromatic rings. The van der Waals surface area contributed by atoms with Crippen LogP contribution in [0.1, 0.15) is 51.5 Å². The molecule has 1 aliphatic heterocycles. The van der Waals surface area contributed by atoms with Crippen LogP contribution in [-0.4, -0.2) is 81.2 Å². The van der Waals surface area contributed by atoms with E-state index in [0.29, 0.717) is 11.5 Å². The summed E-state index contributed by atoms with van der Waals surface area (Å²) in [5, 5.41) is 9.77. The molecule has 0 aromatic heterocycles. The van der Waals surface area contributed by atoms with Crippen molar-refractivity contribution in [2.24, 2.45) is 11.8 Å². The van der Waals surface area contributed by atoms with Crippen LogP contribution in [0.15, 0.2) is 23.1 Å². The number of aliphatic hydroxyl groups is 1. The van der Waals surface area contributed by atoms with Gasteiger partial charge in [0.05, 0.1) is 13.2 Å². The summed E-state index contributed by atoms with van der Waals surface area (Å²) in [5.74, 6) is 6.85. The molecule has 1 aromatic carbocycles. The summed E-state index contributed by atoms with van der Waals surface area (Å²) in [6.07, 6.45) is 5.33. The quantitative estimate of drug-likeness (QED) is 0.571. The summed E-state index contributed by atoms with van der Waals surface area (Å²) in [6, 6.07) is 4.32. The smallest absolute Gasteiger partial charge is 0.248 e. The Balaban J connectivity index is 1.96. The monoisotopic (exact) mass is 506 g/mol. The van der Waals surface area contributed by atoms with E-state index in [4.69, 9.17) is 9.47 Å². The zero-order valence-electron chi connectivity index (χ0n) is 21.2. The van der Waals surface area contributed by atoms with E-state index in [9.17, 15) is 18.3 Å². The molecule has 35 heavy (non-hydrogen) atoms. The number of sulfonamides is 1. The first-order chi connectivity index (χ1) is 16.7. The number of hydrogen-bond donors (Lipinski definition) is 1. The van der Waals surface area contributed by atoms with Crippen molar-refractivity contribution >= 4 is 15.9 Å². The van der Waals surface area contributed by atoms with E-state index in [1.807, 2.05) is 6.92 Å². The second kappa shape index (κ2) is 12.2. The van der Waals surface area contributed by atoms with Crippen molar-refractivity contribution in [2.75, 3.05) is 40.5 Å². The molecule has 194 valence electrons. The number of methoxy groups -OCH3 is 1. The Morgan fingerprint density at radius 1 is 1.34 bits per heavy atom. The maximum atomic E-state index is 13.6. The highest BCUT2D eigenvalue weighted by Gasteiger charge is 2.38. The van der Waals surface area contributed by atoms with Crippen molar-refractivity contribution in [3.05, 3.63) is 23.8 Å². The number of hydrogen-bond acceptors (Lipinski definition) is 6. The first-order valence-electron chi connectivity index (χ1n) is 12.3. The SMILES string of the molecule is COCC(=O)N(C)C[C@@H]1Oc2cc(C#CCC3CCCC3)ccc2S(=O)(=O)N([C@H](C)CO)C[C@H]1C. The Morgan fingerprint density at radius 3 is 2.71 bits per heavy atom. The van der Waals surface area contributed by atoms with Gasteiger partial charge in [0.1, 0.15) is 23.4 Å². The lowest BCUT2D eigenvalue weighted by atomic mass is 10.0. The van der Waals surface area contributed by atoms with Crippen molar-refractivity contribution in [3.8, 4) is 17.6 Å². The molecule has 0 saturated heterocycles. The van der Waals surface area contributed by atoms with Gasteiger partial charge in [-0.2, -0.15) is 4.31 Å². The zero-order chi connectivity index (χ0) is 25.6. The van der Waals surface area contributed by atoms with E-state index in [-0.39, 0.29) is 48.8 Å². The van der Waals surface area contributed by atoms with Crippen LogP contribution in [0.3, 0.4) is 0 Å². The molecular weight excluding hydrogens is 468 g/mol. The van der Waals surface area contributed by atoms with Gasteiger partial charge in [0.15, 0.2) is 0 Å². The van der Waals surface area contributed by atoms with Gasteiger partial charge in [-0.3, -0.25) is 4.79 Å². The highest BCUT2D eigenvalue weighted by atomic mass is 32.2. The number of nitrogens with zero attached hydrogens (tertiary/aromatic N) is 2. The van der Waals surface area contributed by atoms with Crippen LogP contribution in [0.5, 0.6) is 5.75 Å². The number of likely N-dealkylation sites (N-methyl/N-ethyl adjacent to an activating group) is 1. The lowest BCUT2D eigenvalue weighted by Crippen LogP contribution is -2.50. The summed E-state index contributed by atoms with van der Waals surface area (Å²) in [5.41, 5.74) is 0.689. The normalized spacial score (nSPS) is 23.2. The third-order valence-corrected chi connectivity index (χ3v) is 8.93. The third kappa shape index (κ3) is 6.76. The topological polar surface area (TPSA) is 96.4 Å². The van der Waals surface area contributed by atoms with Gasteiger partial charge in [-0.15, -0.1) is 0 Å². The average Bonchev–Trinajstić information content (AvgIpc) is 3.34. The van der Waals surface area contributed by atoms with Gasteiger partial charge in [0, 0.05) is 44.6 Å². The highest BCUT2D eigenvalue weighted by Crippen LogP contribution is 2.34. The highest BCUT2D eigenvalue weighted by molar-refractivity contribution is 7.89. The number of ether oxygens (including phenoxy) is 2. The van der Waals surface area contributed by atoms with Crippen molar-refractivity contribution in [1.29, 1.82) is 0 Å². The van der Waals surface area contributed by atoms with Crippen LogP contribution in [0, 0.1) is 23.7 Å². The minimum atomic E-state index is -3.91. The fourth-order valence-corrected chi connectivity index (χ4v) is 6.46. The van der Waals surface area contributed by atoms with E-state index in [1.165, 1.54) is 48.1 Å². The minimum absolute atomic E-state index is 0.0434. The van der Waals surface area contributed by atoms with E-state index in [1.54, 1.807) is 26.1 Å². The number of aliphatic hydroxyl groups excluding tert-OH is 1. The van der Waals surface area contributed by atoms with Gasteiger partial charge in [-0.25, -0.2) is 8.42 Å². The number of fused-ring (bicyclic) bond motifs is 1. The molecule has 1 N–H and O–H groups in total. The Hall–Kier alpha value is -2.12. The molecule has 1 saturated carbocycles. The summed E-state index contributed by atoms with van der Waals surface area (Å²) in [6.45, 7) is 3.65. The number of benzene rings is 1. The average molecular weight is 507 g/mol. The fraction of sp³-hybridized carbons (Fsp3) is 0.654. The Bertz CT molecular complexity index is 1040. The number of amides is 1. The molecular formula is C26H38N2O6S. The van der Waals surface area contributed by atoms with Gasteiger partial charge >= 0.3 is 0 Å². The maximum absolute atomic E-state index is 13.6. The zero-order valence-corrected chi connectivity index (χ0v) is 22.0. The van der Waals surface area contributed by atoms with Gasteiger partial charge in [0.25, 0.3) is 0 Å². The molecule has 0 unspecified atom stereocenters. The van der Waals surface area contributed by atoms with Gasteiger partial charge in [-0.05, 0) is 43.9 Å². The van der Waals surface area contributed by atoms with Crippen LogP contribution < -0.4 is 4.74 Å². The maximum Gasteiger partial charge on any atom is 0.248 e. The minimum Gasteiger partial charge on any atom is -0.487 e. The Labute approximate surface area is 209 Å². The van der Waals surface area contributed by atoms with E-state index in [0.717, 1.165) is 6.42 Å². The Kier molecular flexibility index (Phi) is 9.59. The molecule has 2 aliphatic rings. The molecule has 8 nitrogen and oxygen atoms in total. The second-order valence-corrected chi connectivity index (χ2v) is 11.6. The Morgan fingerprint density at radius 2 is 2.06 bits per heavy atom. The molecule has 1 heterocycles. The largest absolute Gasteiger partial charge is 0.487 e. The van der Waals surface area contributed by atoms with E-state index in [2.05, 4.69) is 11.8 Å². The molecule has 1 amide bonds. The van der Waals surface area contributed by atoms with Gasteiger partial charge < -0.3 is 19.5 Å². The van der Waals surface area contributed by atoms with Crippen LogP contribution >= 0.6 is 0 Å². The lowest BCUT2D eigenvalue weighted by molar-refractivity contribution is -0.135. The van der Waals surface area contributed by atoms with Crippen LogP contribution in [0.4, 0.5) is 0 Å². The summed E-state index contributed by atoms with van der Waals surface area (Å²) < 4.78 is 39.7. The van der Waals surface area contributed by atoms with E-state index >= 15 is 0 Å².